The van der Waals surface area contributed by atoms with Crippen molar-refractivity contribution >= 4 is 11.8 Å². The maximum Gasteiger partial charge on any atom is 0.257 e. The third kappa shape index (κ3) is 4.60. The lowest BCUT2D eigenvalue weighted by Gasteiger charge is -1.99. The first-order valence-electron chi connectivity index (χ1n) is 8.89. The molecule has 0 aliphatic rings. The fourth-order valence-corrected chi connectivity index (χ4v) is 3.39. The maximum atomic E-state index is 5.58. The lowest BCUT2D eigenvalue weighted by Crippen LogP contribution is -1.87. The highest BCUT2D eigenvalue weighted by atomic mass is 32.2. The second-order valence-electron chi connectivity index (χ2n) is 6.11. The summed E-state index contributed by atoms with van der Waals surface area (Å²) in [6, 6.07) is 15.1. The molecule has 0 bridgehead atoms. The minimum atomic E-state index is 0.492. The Hall–Kier alpha value is -3.26. The number of aromatic nitrogens is 3. The Morgan fingerprint density at radius 2 is 1.41 bits per heavy atom. The molecule has 0 aliphatic carbocycles. The highest BCUT2D eigenvalue weighted by molar-refractivity contribution is 7.97. The molecular weight excluding hydrogens is 390 g/mol. The van der Waals surface area contributed by atoms with Crippen LogP contribution in [0.5, 0.6) is 11.5 Å². The van der Waals surface area contributed by atoms with E-state index in [1.54, 1.807) is 32.2 Å². The van der Waals surface area contributed by atoms with Crippen LogP contribution in [-0.2, 0) is 11.5 Å². The van der Waals surface area contributed by atoms with E-state index < -0.39 is 0 Å². The van der Waals surface area contributed by atoms with Gasteiger partial charge in [-0.25, -0.2) is 4.98 Å². The van der Waals surface area contributed by atoms with Gasteiger partial charge in [0, 0.05) is 16.9 Å². The molecule has 0 fully saturated rings. The summed E-state index contributed by atoms with van der Waals surface area (Å²) >= 11 is 1.64. The highest BCUT2D eigenvalue weighted by Gasteiger charge is 2.11. The van der Waals surface area contributed by atoms with Crippen molar-refractivity contribution in [2.75, 3.05) is 14.2 Å². The Morgan fingerprint density at radius 3 is 2.03 bits per heavy atom. The van der Waals surface area contributed by atoms with Crippen molar-refractivity contribution in [1.29, 1.82) is 0 Å². The predicted molar refractivity (Wildman–Crippen MR) is 110 cm³/mol. The number of hydrogen-bond acceptors (Lipinski definition) is 8. The van der Waals surface area contributed by atoms with E-state index in [9.17, 15) is 0 Å². The van der Waals surface area contributed by atoms with Crippen LogP contribution in [0, 0.1) is 0 Å². The van der Waals surface area contributed by atoms with Gasteiger partial charge in [-0.2, -0.15) is 4.98 Å². The summed E-state index contributed by atoms with van der Waals surface area (Å²) in [6.45, 7) is 0. The van der Waals surface area contributed by atoms with Gasteiger partial charge in [-0.15, -0.1) is 11.8 Å². The molecule has 0 aliphatic heterocycles. The lowest BCUT2D eigenvalue weighted by molar-refractivity contribution is 0.414. The quantitative estimate of drug-likeness (QED) is 0.409. The number of rotatable bonds is 8. The molecule has 8 heteroatoms. The fourth-order valence-electron chi connectivity index (χ4n) is 2.65. The van der Waals surface area contributed by atoms with Crippen LogP contribution >= 0.6 is 11.8 Å². The van der Waals surface area contributed by atoms with Gasteiger partial charge in [0.05, 0.1) is 25.7 Å². The Bertz CT molecular complexity index is 972. The molecule has 2 aromatic heterocycles. The van der Waals surface area contributed by atoms with Crippen molar-refractivity contribution < 1.29 is 18.4 Å². The number of methoxy groups -OCH3 is 2. The monoisotopic (exact) mass is 409 g/mol. The molecule has 0 radical (unpaired) electrons. The minimum absolute atomic E-state index is 0.492. The molecule has 2 heterocycles. The van der Waals surface area contributed by atoms with Crippen LogP contribution in [0.2, 0.25) is 0 Å². The van der Waals surface area contributed by atoms with Crippen LogP contribution in [-0.4, -0.2) is 29.3 Å². The van der Waals surface area contributed by atoms with E-state index in [0.717, 1.165) is 28.3 Å². The molecule has 0 atom stereocenters. The van der Waals surface area contributed by atoms with Crippen molar-refractivity contribution in [3.63, 3.8) is 0 Å². The zero-order chi connectivity index (χ0) is 20.1. The average molecular weight is 409 g/mol. The first-order valence-corrected chi connectivity index (χ1v) is 10.0. The van der Waals surface area contributed by atoms with Crippen molar-refractivity contribution in [3.05, 3.63) is 66.3 Å². The molecule has 7 nitrogen and oxygen atoms in total. The van der Waals surface area contributed by atoms with Crippen LogP contribution in [0.1, 0.15) is 11.5 Å². The molecule has 0 amide bonds. The second kappa shape index (κ2) is 8.83. The molecule has 0 saturated heterocycles. The Balaban J connectivity index is 1.32. The fraction of sp³-hybridized carbons (Fsp3) is 0.190. The largest absolute Gasteiger partial charge is 0.497 e. The van der Waals surface area contributed by atoms with Crippen molar-refractivity contribution in [2.45, 2.75) is 11.5 Å². The van der Waals surface area contributed by atoms with Gasteiger partial charge in [0.2, 0.25) is 5.89 Å². The van der Waals surface area contributed by atoms with E-state index in [1.165, 1.54) is 0 Å². The standard InChI is InChI=1S/C21H19N3O4S/c1-25-17-7-3-14(4-8-17)20-22-16(11-27-20)12-29-13-19-23-21(28-24-19)15-5-9-18(26-2)10-6-15/h3-11H,12-13H2,1-2H3. The molecular formula is C21H19N3O4S. The molecule has 29 heavy (non-hydrogen) atoms. The van der Waals surface area contributed by atoms with Crippen molar-refractivity contribution in [3.8, 4) is 34.4 Å². The number of oxazole rings is 1. The normalized spacial score (nSPS) is 10.8. The van der Waals surface area contributed by atoms with Crippen molar-refractivity contribution in [2.24, 2.45) is 0 Å². The van der Waals surface area contributed by atoms with Gasteiger partial charge < -0.3 is 18.4 Å². The maximum absolute atomic E-state index is 5.58. The van der Waals surface area contributed by atoms with E-state index >= 15 is 0 Å². The number of benzene rings is 2. The van der Waals surface area contributed by atoms with Crippen LogP contribution in [0.3, 0.4) is 0 Å². The minimum Gasteiger partial charge on any atom is -0.497 e. The lowest BCUT2D eigenvalue weighted by atomic mass is 10.2. The molecule has 2 aromatic carbocycles. The summed E-state index contributed by atoms with van der Waals surface area (Å²) in [5.74, 6) is 4.60. The molecule has 0 spiro atoms. The Morgan fingerprint density at radius 1 is 0.793 bits per heavy atom. The van der Waals surface area contributed by atoms with Gasteiger partial charge in [0.25, 0.3) is 5.89 Å². The van der Waals surface area contributed by atoms with Gasteiger partial charge in [-0.1, -0.05) is 5.16 Å². The number of hydrogen-bond donors (Lipinski definition) is 0. The van der Waals surface area contributed by atoms with E-state index in [-0.39, 0.29) is 0 Å². The first-order chi connectivity index (χ1) is 14.2. The molecule has 4 rings (SSSR count). The van der Waals surface area contributed by atoms with Crippen LogP contribution < -0.4 is 9.47 Å². The van der Waals surface area contributed by atoms with Crippen molar-refractivity contribution in [1.82, 2.24) is 15.1 Å². The molecule has 148 valence electrons. The predicted octanol–water partition coefficient (Wildman–Crippen LogP) is 4.84. The number of thioether (sulfide) groups is 1. The summed E-state index contributed by atoms with van der Waals surface area (Å²) in [5, 5.41) is 4.04. The summed E-state index contributed by atoms with van der Waals surface area (Å²) in [7, 11) is 3.27. The van der Waals surface area contributed by atoms with Crippen LogP contribution in [0.4, 0.5) is 0 Å². The summed E-state index contributed by atoms with van der Waals surface area (Å²) in [6.07, 6.45) is 1.67. The van der Waals surface area contributed by atoms with E-state index in [2.05, 4.69) is 15.1 Å². The summed E-state index contributed by atoms with van der Waals surface area (Å²) in [4.78, 5) is 8.97. The number of ether oxygens (including phenoxy) is 2. The zero-order valence-electron chi connectivity index (χ0n) is 16.0. The number of nitrogens with zero attached hydrogens (tertiary/aromatic N) is 3. The average Bonchev–Trinajstić information content (AvgIpc) is 3.44. The van der Waals surface area contributed by atoms with Gasteiger partial charge in [0.15, 0.2) is 5.82 Å². The zero-order valence-corrected chi connectivity index (χ0v) is 16.8. The second-order valence-corrected chi connectivity index (χ2v) is 7.10. The van der Waals surface area contributed by atoms with E-state index in [1.807, 2.05) is 48.5 Å². The first kappa shape index (κ1) is 19.1. The van der Waals surface area contributed by atoms with Gasteiger partial charge in [0.1, 0.15) is 17.8 Å². The SMILES string of the molecule is COc1ccc(-c2nc(CSCc3noc(-c4ccc(OC)cc4)n3)co2)cc1. The third-order valence-electron chi connectivity index (χ3n) is 4.17. The van der Waals surface area contributed by atoms with Gasteiger partial charge in [-0.05, 0) is 48.5 Å². The molecule has 4 aromatic rings. The Kier molecular flexibility index (Phi) is 5.81. The van der Waals surface area contributed by atoms with Crippen LogP contribution in [0.25, 0.3) is 22.9 Å². The van der Waals surface area contributed by atoms with Gasteiger partial charge in [-0.3, -0.25) is 0 Å². The summed E-state index contributed by atoms with van der Waals surface area (Å²) in [5.41, 5.74) is 2.62. The van der Waals surface area contributed by atoms with Crippen LogP contribution in [0.15, 0.2) is 63.7 Å². The topological polar surface area (TPSA) is 83.4 Å². The Labute approximate surface area is 172 Å². The molecule has 0 unspecified atom stereocenters. The summed E-state index contributed by atoms with van der Waals surface area (Å²) < 4.78 is 21.3. The van der Waals surface area contributed by atoms with Gasteiger partial charge >= 0.3 is 0 Å². The van der Waals surface area contributed by atoms with E-state index in [0.29, 0.717) is 29.1 Å². The molecule has 0 saturated carbocycles. The smallest absolute Gasteiger partial charge is 0.257 e. The molecule has 0 N–H and O–H groups in total. The third-order valence-corrected chi connectivity index (χ3v) is 5.14. The van der Waals surface area contributed by atoms with E-state index in [4.69, 9.17) is 18.4 Å². The highest BCUT2D eigenvalue weighted by Crippen LogP contribution is 2.25.